The van der Waals surface area contributed by atoms with Gasteiger partial charge in [0.05, 0.1) is 5.02 Å². The fourth-order valence-corrected chi connectivity index (χ4v) is 5.86. The first-order valence-corrected chi connectivity index (χ1v) is 12.7. The van der Waals surface area contributed by atoms with Crippen LogP contribution in [-0.2, 0) is 21.2 Å². The van der Waals surface area contributed by atoms with Crippen molar-refractivity contribution in [1.82, 2.24) is 4.72 Å². The molecule has 1 atom stereocenters. The van der Waals surface area contributed by atoms with Crippen LogP contribution in [0, 0.1) is 0 Å². The normalized spacial score (nSPS) is 15.4. The number of ether oxygens (including phenoxy) is 2. The van der Waals surface area contributed by atoms with E-state index in [2.05, 4.69) is 4.72 Å². The predicted octanol–water partition coefficient (Wildman–Crippen LogP) is 5.61. The Bertz CT molecular complexity index is 1330. The van der Waals surface area contributed by atoms with Gasteiger partial charge >= 0.3 is 5.97 Å². The molecule has 178 valence electrons. The number of hydrogen-bond donors (Lipinski definition) is 2. The molecule has 0 saturated heterocycles. The molecule has 0 fully saturated rings. The average Bonchev–Trinajstić information content (AvgIpc) is 2.77. The number of carbonyl (C=O) groups is 1. The zero-order valence-electron chi connectivity index (χ0n) is 17.8. The highest BCUT2D eigenvalue weighted by Crippen LogP contribution is 2.37. The molecular formula is C24H21Cl2NO6S. The van der Waals surface area contributed by atoms with Crippen molar-refractivity contribution in [3.63, 3.8) is 0 Å². The maximum atomic E-state index is 13.2. The zero-order valence-corrected chi connectivity index (χ0v) is 20.2. The minimum absolute atomic E-state index is 0.0154. The number of hydrogen-bond acceptors (Lipinski definition) is 5. The monoisotopic (exact) mass is 521 g/mol. The molecule has 0 radical (unpaired) electrons. The quantitative estimate of drug-likeness (QED) is 0.399. The Kier molecular flexibility index (Phi) is 7.33. The van der Waals surface area contributed by atoms with Crippen molar-refractivity contribution >= 4 is 39.2 Å². The molecule has 1 aliphatic carbocycles. The molecule has 10 heteroatoms. The molecule has 0 aromatic heterocycles. The fraction of sp³-hybridized carbons (Fsp3) is 0.208. The van der Waals surface area contributed by atoms with Crippen LogP contribution in [-0.4, -0.2) is 26.1 Å². The van der Waals surface area contributed by atoms with Gasteiger partial charge in [-0.15, -0.1) is 0 Å². The lowest BCUT2D eigenvalue weighted by Crippen LogP contribution is -2.31. The van der Waals surface area contributed by atoms with Gasteiger partial charge in [0, 0.05) is 17.1 Å². The molecule has 3 aromatic rings. The van der Waals surface area contributed by atoms with Gasteiger partial charge in [-0.2, -0.15) is 0 Å². The van der Waals surface area contributed by atoms with Gasteiger partial charge in [-0.05, 0) is 66.8 Å². The van der Waals surface area contributed by atoms with Crippen LogP contribution in [0.1, 0.15) is 30.0 Å². The number of benzene rings is 3. The van der Waals surface area contributed by atoms with E-state index in [-0.39, 0.29) is 9.92 Å². The lowest BCUT2D eigenvalue weighted by atomic mass is 9.87. The molecule has 0 aliphatic heterocycles. The van der Waals surface area contributed by atoms with Gasteiger partial charge in [0.2, 0.25) is 10.0 Å². The third kappa shape index (κ3) is 5.64. The first-order valence-electron chi connectivity index (χ1n) is 10.4. The van der Waals surface area contributed by atoms with Crippen LogP contribution in [0.4, 0.5) is 0 Å². The summed E-state index contributed by atoms with van der Waals surface area (Å²) in [6, 6.07) is 15.9. The van der Waals surface area contributed by atoms with E-state index in [0.29, 0.717) is 41.5 Å². The smallest absolute Gasteiger partial charge is 0.341 e. The van der Waals surface area contributed by atoms with E-state index in [9.17, 15) is 13.2 Å². The summed E-state index contributed by atoms with van der Waals surface area (Å²) in [6.45, 7) is -0.466. The molecule has 1 aliphatic rings. The molecule has 0 saturated carbocycles. The molecule has 0 spiro atoms. The van der Waals surface area contributed by atoms with E-state index in [1.807, 2.05) is 6.07 Å². The van der Waals surface area contributed by atoms with Crippen molar-refractivity contribution in [1.29, 1.82) is 0 Å². The number of fused-ring (bicyclic) bond motifs is 1. The van der Waals surface area contributed by atoms with E-state index in [0.717, 1.165) is 11.1 Å². The van der Waals surface area contributed by atoms with E-state index in [1.54, 1.807) is 36.4 Å². The molecule has 0 amide bonds. The van der Waals surface area contributed by atoms with E-state index < -0.39 is 28.6 Å². The summed E-state index contributed by atoms with van der Waals surface area (Å²) < 4.78 is 40.2. The lowest BCUT2D eigenvalue weighted by Gasteiger charge is -2.27. The van der Waals surface area contributed by atoms with Crippen LogP contribution in [0.15, 0.2) is 65.6 Å². The Labute approximate surface area is 207 Å². The molecule has 0 bridgehead atoms. The van der Waals surface area contributed by atoms with E-state index in [4.69, 9.17) is 37.8 Å². The average molecular weight is 522 g/mol. The second-order valence-corrected chi connectivity index (χ2v) is 10.3. The van der Waals surface area contributed by atoms with Gasteiger partial charge in [-0.1, -0.05) is 41.4 Å². The van der Waals surface area contributed by atoms with Crippen LogP contribution in [0.3, 0.4) is 0 Å². The van der Waals surface area contributed by atoms with Crippen molar-refractivity contribution < 1.29 is 27.8 Å². The second-order valence-electron chi connectivity index (χ2n) is 7.72. The number of sulfonamides is 1. The van der Waals surface area contributed by atoms with Crippen LogP contribution in [0.5, 0.6) is 17.2 Å². The highest BCUT2D eigenvalue weighted by atomic mass is 35.5. The molecule has 34 heavy (non-hydrogen) atoms. The Balaban J connectivity index is 1.55. The Hall–Kier alpha value is -2.78. The zero-order chi connectivity index (χ0) is 24.3. The predicted molar refractivity (Wildman–Crippen MR) is 129 cm³/mol. The Morgan fingerprint density at radius 1 is 1.06 bits per heavy atom. The van der Waals surface area contributed by atoms with Gasteiger partial charge in [-0.25, -0.2) is 17.9 Å². The molecule has 2 N–H and O–H groups in total. The maximum Gasteiger partial charge on any atom is 0.341 e. The van der Waals surface area contributed by atoms with Crippen LogP contribution < -0.4 is 14.2 Å². The summed E-state index contributed by atoms with van der Waals surface area (Å²) in [6.07, 6.45) is 1.97. The van der Waals surface area contributed by atoms with Crippen LogP contribution in [0.25, 0.3) is 0 Å². The van der Waals surface area contributed by atoms with Gasteiger partial charge in [-0.3, -0.25) is 0 Å². The van der Waals surface area contributed by atoms with Crippen molar-refractivity contribution in [2.24, 2.45) is 0 Å². The highest BCUT2D eigenvalue weighted by molar-refractivity contribution is 7.89. The van der Waals surface area contributed by atoms with Gasteiger partial charge < -0.3 is 14.6 Å². The van der Waals surface area contributed by atoms with E-state index >= 15 is 0 Å². The van der Waals surface area contributed by atoms with Crippen molar-refractivity contribution in [3.05, 3.63) is 81.8 Å². The number of nitrogens with one attached hydrogen (secondary N) is 1. The van der Waals surface area contributed by atoms with Gasteiger partial charge in [0.1, 0.15) is 22.1 Å². The Morgan fingerprint density at radius 3 is 2.56 bits per heavy atom. The number of halogens is 2. The number of carboxylic acids is 1. The minimum atomic E-state index is -3.96. The second kappa shape index (κ2) is 10.2. The van der Waals surface area contributed by atoms with E-state index in [1.165, 1.54) is 18.2 Å². The third-order valence-corrected chi connectivity index (χ3v) is 7.53. The molecular weight excluding hydrogens is 501 g/mol. The molecule has 3 aromatic carbocycles. The number of rotatable bonds is 8. The van der Waals surface area contributed by atoms with Crippen molar-refractivity contribution in [3.8, 4) is 17.2 Å². The SMILES string of the molecule is O=C(O)COc1cccc2c1CCC[C@H]2NS(=O)(=O)c1ccc(Oc2cccc(Cl)c2)cc1Cl. The largest absolute Gasteiger partial charge is 0.482 e. The maximum absolute atomic E-state index is 13.2. The summed E-state index contributed by atoms with van der Waals surface area (Å²) in [7, 11) is -3.96. The van der Waals surface area contributed by atoms with Crippen molar-refractivity contribution in [2.45, 2.75) is 30.2 Å². The van der Waals surface area contributed by atoms with Crippen LogP contribution >= 0.6 is 23.2 Å². The van der Waals surface area contributed by atoms with Gasteiger partial charge in [0.15, 0.2) is 6.61 Å². The highest BCUT2D eigenvalue weighted by Gasteiger charge is 2.29. The summed E-state index contributed by atoms with van der Waals surface area (Å²) >= 11 is 12.3. The topological polar surface area (TPSA) is 102 Å². The molecule has 4 rings (SSSR count). The van der Waals surface area contributed by atoms with Crippen molar-refractivity contribution in [2.75, 3.05) is 6.61 Å². The third-order valence-electron chi connectivity index (χ3n) is 5.34. The summed E-state index contributed by atoms with van der Waals surface area (Å²) in [4.78, 5) is 10.8. The van der Waals surface area contributed by atoms with Crippen LogP contribution in [0.2, 0.25) is 10.0 Å². The summed E-state index contributed by atoms with van der Waals surface area (Å²) in [5.41, 5.74) is 1.56. The first-order chi connectivity index (χ1) is 16.2. The molecule has 7 nitrogen and oxygen atoms in total. The first kappa shape index (κ1) is 24.3. The molecule has 0 unspecified atom stereocenters. The fourth-order valence-electron chi connectivity index (χ4n) is 3.89. The lowest BCUT2D eigenvalue weighted by molar-refractivity contribution is -0.139. The van der Waals surface area contributed by atoms with Gasteiger partial charge in [0.25, 0.3) is 0 Å². The summed E-state index contributed by atoms with van der Waals surface area (Å²) in [5, 5.41) is 9.43. The number of carboxylic acid groups (broad SMARTS) is 1. The molecule has 0 heterocycles. The summed E-state index contributed by atoms with van der Waals surface area (Å²) in [5.74, 6) is 0.235. The standard InChI is InChI=1S/C24H21Cl2NO6S/c25-15-4-1-5-16(12-15)33-17-10-11-23(20(26)13-17)34(30,31)27-21-8-2-7-19-18(21)6-3-9-22(19)32-14-24(28)29/h1,3-6,9-13,21,27H,2,7-8,14H2,(H,28,29)/t21-/m1/s1. The number of aliphatic carboxylic acids is 1. The Morgan fingerprint density at radius 2 is 1.82 bits per heavy atom. The minimum Gasteiger partial charge on any atom is -0.482 e.